The van der Waals surface area contributed by atoms with E-state index in [2.05, 4.69) is 24.5 Å². The zero-order chi connectivity index (χ0) is 16.0. The van der Waals surface area contributed by atoms with E-state index in [-0.39, 0.29) is 11.6 Å². The molecule has 1 fully saturated rings. The van der Waals surface area contributed by atoms with Gasteiger partial charge in [-0.1, -0.05) is 13.8 Å². The van der Waals surface area contributed by atoms with Crippen LogP contribution in [0.15, 0.2) is 0 Å². The van der Waals surface area contributed by atoms with Crippen LogP contribution in [0.2, 0.25) is 0 Å². The zero-order valence-electron chi connectivity index (χ0n) is 12.9. The summed E-state index contributed by atoms with van der Waals surface area (Å²) in [6.45, 7) is 6.01. The second-order valence-corrected chi connectivity index (χ2v) is 5.60. The SMILES string of the molecule is CCC1(CC)CC(NC(=O)N[C@H](C(=O)O)[C@@H](C)O)CCO1. The molecule has 0 aromatic heterocycles. The smallest absolute Gasteiger partial charge is 0.328 e. The van der Waals surface area contributed by atoms with Crippen LogP contribution < -0.4 is 10.6 Å². The third kappa shape index (κ3) is 4.86. The maximum Gasteiger partial charge on any atom is 0.328 e. The molecular formula is C14H26N2O5. The predicted molar refractivity (Wildman–Crippen MR) is 77.1 cm³/mol. The van der Waals surface area contributed by atoms with Crippen LogP contribution in [-0.2, 0) is 9.53 Å². The molecule has 1 heterocycles. The highest BCUT2D eigenvalue weighted by molar-refractivity contribution is 5.83. The van der Waals surface area contributed by atoms with E-state index in [1.807, 2.05) is 0 Å². The van der Waals surface area contributed by atoms with Gasteiger partial charge in [-0.25, -0.2) is 9.59 Å². The third-order valence-corrected chi connectivity index (χ3v) is 4.15. The molecule has 0 aromatic rings. The minimum Gasteiger partial charge on any atom is -0.480 e. The molecule has 4 N–H and O–H groups in total. The van der Waals surface area contributed by atoms with Crippen LogP contribution >= 0.6 is 0 Å². The topological polar surface area (TPSA) is 108 Å². The Morgan fingerprint density at radius 3 is 2.48 bits per heavy atom. The summed E-state index contributed by atoms with van der Waals surface area (Å²) in [7, 11) is 0. The van der Waals surface area contributed by atoms with Gasteiger partial charge in [-0.3, -0.25) is 0 Å². The van der Waals surface area contributed by atoms with Gasteiger partial charge >= 0.3 is 12.0 Å². The largest absolute Gasteiger partial charge is 0.480 e. The first kappa shape index (κ1) is 17.7. The molecule has 0 radical (unpaired) electrons. The molecule has 122 valence electrons. The molecule has 7 nitrogen and oxygen atoms in total. The Hall–Kier alpha value is -1.34. The van der Waals surface area contributed by atoms with Crippen molar-refractivity contribution in [1.29, 1.82) is 0 Å². The number of hydrogen-bond acceptors (Lipinski definition) is 4. The zero-order valence-corrected chi connectivity index (χ0v) is 12.9. The molecule has 21 heavy (non-hydrogen) atoms. The Morgan fingerprint density at radius 1 is 1.38 bits per heavy atom. The first-order chi connectivity index (χ1) is 9.83. The van der Waals surface area contributed by atoms with Crippen molar-refractivity contribution in [1.82, 2.24) is 10.6 Å². The molecule has 0 aliphatic carbocycles. The maximum atomic E-state index is 11.9. The van der Waals surface area contributed by atoms with Crippen LogP contribution in [0.3, 0.4) is 0 Å². The van der Waals surface area contributed by atoms with Crippen molar-refractivity contribution in [2.24, 2.45) is 0 Å². The summed E-state index contributed by atoms with van der Waals surface area (Å²) in [5, 5.41) is 23.4. The molecular weight excluding hydrogens is 276 g/mol. The third-order valence-electron chi connectivity index (χ3n) is 4.15. The molecule has 1 saturated heterocycles. The Balaban J connectivity index is 2.56. The molecule has 0 bridgehead atoms. The van der Waals surface area contributed by atoms with Gasteiger partial charge in [0.2, 0.25) is 0 Å². The van der Waals surface area contributed by atoms with Crippen LogP contribution in [0, 0.1) is 0 Å². The summed E-state index contributed by atoms with van der Waals surface area (Å²) in [5.41, 5.74) is -0.216. The van der Waals surface area contributed by atoms with Gasteiger partial charge in [-0.05, 0) is 32.6 Å². The van der Waals surface area contributed by atoms with E-state index in [0.29, 0.717) is 19.4 Å². The number of amides is 2. The standard InChI is InChI=1S/C14H26N2O5/c1-4-14(5-2)8-10(6-7-21-14)15-13(20)16-11(9(3)17)12(18)19/h9-11,17H,4-8H2,1-3H3,(H,18,19)(H2,15,16,20)/t9-,10?,11+/m1/s1. The van der Waals surface area contributed by atoms with E-state index in [0.717, 1.165) is 12.8 Å². The number of carboxylic acid groups (broad SMARTS) is 1. The molecule has 7 heteroatoms. The number of carbonyl (C=O) groups is 2. The van der Waals surface area contributed by atoms with Gasteiger partial charge < -0.3 is 25.6 Å². The lowest BCUT2D eigenvalue weighted by Crippen LogP contribution is -2.55. The minimum atomic E-state index is -1.31. The van der Waals surface area contributed by atoms with Gasteiger partial charge in [0.05, 0.1) is 11.7 Å². The first-order valence-corrected chi connectivity index (χ1v) is 7.45. The van der Waals surface area contributed by atoms with Crippen molar-refractivity contribution >= 4 is 12.0 Å². The second kappa shape index (κ2) is 7.61. The molecule has 1 aliphatic heterocycles. The summed E-state index contributed by atoms with van der Waals surface area (Å²) in [6, 6.07) is -1.94. The van der Waals surface area contributed by atoms with E-state index in [1.165, 1.54) is 6.92 Å². The van der Waals surface area contributed by atoms with Gasteiger partial charge in [0, 0.05) is 12.6 Å². The number of rotatable bonds is 6. The van der Waals surface area contributed by atoms with Crippen molar-refractivity contribution in [3.63, 3.8) is 0 Å². The number of ether oxygens (including phenoxy) is 1. The van der Waals surface area contributed by atoms with Crippen molar-refractivity contribution in [2.45, 2.75) is 70.2 Å². The Kier molecular flexibility index (Phi) is 6.42. The fourth-order valence-corrected chi connectivity index (χ4v) is 2.65. The van der Waals surface area contributed by atoms with Crippen LogP contribution in [0.5, 0.6) is 0 Å². The van der Waals surface area contributed by atoms with Gasteiger partial charge in [0.1, 0.15) is 0 Å². The number of urea groups is 1. The molecule has 1 aliphatic rings. The number of aliphatic hydroxyl groups is 1. The quantitative estimate of drug-likeness (QED) is 0.582. The highest BCUT2D eigenvalue weighted by Gasteiger charge is 2.35. The van der Waals surface area contributed by atoms with Crippen LogP contribution in [0.1, 0.15) is 46.5 Å². The van der Waals surface area contributed by atoms with Crippen molar-refractivity contribution in [2.75, 3.05) is 6.61 Å². The van der Waals surface area contributed by atoms with E-state index in [1.54, 1.807) is 0 Å². The van der Waals surface area contributed by atoms with Crippen LogP contribution in [-0.4, -0.2) is 52.6 Å². The molecule has 1 rings (SSSR count). The molecule has 1 unspecified atom stereocenters. The second-order valence-electron chi connectivity index (χ2n) is 5.60. The number of aliphatic hydroxyl groups excluding tert-OH is 1. The van der Waals surface area contributed by atoms with E-state index >= 15 is 0 Å². The number of hydrogen-bond donors (Lipinski definition) is 4. The van der Waals surface area contributed by atoms with Crippen molar-refractivity contribution in [3.05, 3.63) is 0 Å². The molecule has 3 atom stereocenters. The Bertz CT molecular complexity index is 368. The van der Waals surface area contributed by atoms with Gasteiger partial charge in [0.25, 0.3) is 0 Å². The Labute approximate surface area is 125 Å². The van der Waals surface area contributed by atoms with Crippen LogP contribution in [0.25, 0.3) is 0 Å². The monoisotopic (exact) mass is 302 g/mol. The predicted octanol–water partition coefficient (Wildman–Crippen LogP) is 0.857. The fraction of sp³-hybridized carbons (Fsp3) is 0.857. The normalized spacial score (nSPS) is 23.9. The minimum absolute atomic E-state index is 0.0536. The van der Waals surface area contributed by atoms with Gasteiger partial charge in [-0.2, -0.15) is 0 Å². The summed E-state index contributed by atoms with van der Waals surface area (Å²) in [4.78, 5) is 22.8. The molecule has 0 spiro atoms. The molecule has 0 aromatic carbocycles. The number of carboxylic acids is 1. The lowest BCUT2D eigenvalue weighted by molar-refractivity contribution is -0.141. The highest BCUT2D eigenvalue weighted by atomic mass is 16.5. The van der Waals surface area contributed by atoms with Gasteiger partial charge in [-0.15, -0.1) is 0 Å². The van der Waals surface area contributed by atoms with Crippen LogP contribution in [0.4, 0.5) is 4.79 Å². The number of carbonyl (C=O) groups excluding carboxylic acids is 1. The Morgan fingerprint density at radius 2 is 2.00 bits per heavy atom. The summed E-state index contributed by atoms with van der Waals surface area (Å²) < 4.78 is 5.83. The first-order valence-electron chi connectivity index (χ1n) is 7.45. The summed E-state index contributed by atoms with van der Waals surface area (Å²) in [5.74, 6) is -1.26. The average molecular weight is 302 g/mol. The number of aliphatic carboxylic acids is 1. The fourth-order valence-electron chi connectivity index (χ4n) is 2.65. The lowest BCUT2D eigenvalue weighted by atomic mass is 9.86. The van der Waals surface area contributed by atoms with E-state index in [4.69, 9.17) is 9.84 Å². The van der Waals surface area contributed by atoms with Gasteiger partial charge in [0.15, 0.2) is 6.04 Å². The van der Waals surface area contributed by atoms with Crippen molar-refractivity contribution in [3.8, 4) is 0 Å². The highest BCUT2D eigenvalue weighted by Crippen LogP contribution is 2.31. The lowest BCUT2D eigenvalue weighted by Gasteiger charge is -2.40. The van der Waals surface area contributed by atoms with E-state index in [9.17, 15) is 14.7 Å². The molecule has 0 saturated carbocycles. The summed E-state index contributed by atoms with van der Waals surface area (Å²) in [6.07, 6.45) is 1.98. The van der Waals surface area contributed by atoms with Crippen molar-refractivity contribution < 1.29 is 24.5 Å². The average Bonchev–Trinajstić information content (AvgIpc) is 2.44. The number of nitrogens with one attached hydrogen (secondary N) is 2. The maximum absolute atomic E-state index is 11.9. The van der Waals surface area contributed by atoms with E-state index < -0.39 is 24.1 Å². The molecule has 2 amide bonds. The summed E-state index contributed by atoms with van der Waals surface area (Å²) >= 11 is 0.